The van der Waals surface area contributed by atoms with Crippen LogP contribution in [0.1, 0.15) is 38.5 Å². The van der Waals surface area contributed by atoms with Crippen LogP contribution in [0, 0.1) is 23.2 Å². The Morgan fingerprint density at radius 1 is 1.11 bits per heavy atom. The number of hydrogen-bond acceptors (Lipinski definition) is 7. The van der Waals surface area contributed by atoms with E-state index in [4.69, 9.17) is 14.6 Å². The maximum absolute atomic E-state index is 13.5. The van der Waals surface area contributed by atoms with Crippen molar-refractivity contribution in [2.45, 2.75) is 44.7 Å². The monoisotopic (exact) mass is 541 g/mol. The van der Waals surface area contributed by atoms with Crippen LogP contribution < -0.4 is 10.2 Å². The fraction of sp³-hybridized carbons (Fsp3) is 0.720. The zero-order valence-corrected chi connectivity index (χ0v) is 21.2. The van der Waals surface area contributed by atoms with Crippen molar-refractivity contribution >= 4 is 23.7 Å². The van der Waals surface area contributed by atoms with Gasteiger partial charge in [0.1, 0.15) is 0 Å². The van der Waals surface area contributed by atoms with E-state index in [-0.39, 0.29) is 23.7 Å². The number of aliphatic carboxylic acids is 1. The van der Waals surface area contributed by atoms with Crippen LogP contribution in [0.15, 0.2) is 18.5 Å². The number of rotatable bonds is 5. The minimum absolute atomic E-state index is 0.0555. The molecule has 13 heteroatoms. The lowest BCUT2D eigenvalue weighted by Crippen LogP contribution is -2.49. The second-order valence-electron chi connectivity index (χ2n) is 10.5. The summed E-state index contributed by atoms with van der Waals surface area (Å²) in [4.78, 5) is 48.8. The largest absolute Gasteiger partial charge is 0.490 e. The normalized spacial score (nSPS) is 26.0. The molecule has 2 amide bonds. The number of halogens is 3. The van der Waals surface area contributed by atoms with E-state index in [1.165, 1.54) is 12.8 Å². The number of aromatic nitrogens is 2. The zero-order chi connectivity index (χ0) is 27.3. The molecule has 2 atom stereocenters. The summed E-state index contributed by atoms with van der Waals surface area (Å²) in [5.74, 6) is -0.900. The molecule has 4 heterocycles. The summed E-state index contributed by atoms with van der Waals surface area (Å²) in [6.07, 6.45) is 4.10. The highest BCUT2D eigenvalue weighted by molar-refractivity contribution is 5.85. The molecule has 1 aliphatic carbocycles. The van der Waals surface area contributed by atoms with Gasteiger partial charge in [0, 0.05) is 70.2 Å². The maximum atomic E-state index is 13.5. The molecule has 0 bridgehead atoms. The molecule has 0 radical (unpaired) electrons. The van der Waals surface area contributed by atoms with Crippen LogP contribution >= 0.6 is 0 Å². The summed E-state index contributed by atoms with van der Waals surface area (Å²) in [5.41, 5.74) is -0.487. The Bertz CT molecular complexity index is 987. The van der Waals surface area contributed by atoms with Gasteiger partial charge in [-0.25, -0.2) is 14.8 Å². The third-order valence-corrected chi connectivity index (χ3v) is 7.85. The zero-order valence-electron chi connectivity index (χ0n) is 21.2. The second kappa shape index (κ2) is 11.8. The Morgan fingerprint density at radius 2 is 1.76 bits per heavy atom. The molecule has 1 aromatic rings. The van der Waals surface area contributed by atoms with Crippen molar-refractivity contribution in [3.8, 4) is 0 Å². The van der Waals surface area contributed by atoms with Gasteiger partial charge in [0.2, 0.25) is 17.8 Å². The number of fused-ring (bicyclic) bond motifs is 1. The third-order valence-electron chi connectivity index (χ3n) is 7.85. The van der Waals surface area contributed by atoms with Crippen molar-refractivity contribution in [2.24, 2.45) is 23.2 Å². The van der Waals surface area contributed by atoms with E-state index >= 15 is 0 Å². The number of carbonyl (C=O) groups is 3. The Labute approximate surface area is 218 Å². The van der Waals surface area contributed by atoms with Gasteiger partial charge in [0.25, 0.3) is 0 Å². The molecular formula is C25H34F3N5O5. The Kier molecular flexibility index (Phi) is 8.74. The summed E-state index contributed by atoms with van der Waals surface area (Å²) in [7, 11) is 0. The predicted octanol–water partition coefficient (Wildman–Crippen LogP) is 2.11. The number of nitrogens with zero attached hydrogens (tertiary/aromatic N) is 4. The number of hydrogen-bond donors (Lipinski definition) is 2. The topological polar surface area (TPSA) is 125 Å². The highest BCUT2D eigenvalue weighted by Gasteiger charge is 2.54. The van der Waals surface area contributed by atoms with Crippen LogP contribution in [0.3, 0.4) is 0 Å². The number of amides is 2. The molecule has 1 aromatic heterocycles. The van der Waals surface area contributed by atoms with E-state index in [0.29, 0.717) is 44.7 Å². The van der Waals surface area contributed by atoms with Gasteiger partial charge in [-0.1, -0.05) is 0 Å². The molecule has 10 nitrogen and oxygen atoms in total. The van der Waals surface area contributed by atoms with E-state index in [1.54, 1.807) is 12.4 Å². The van der Waals surface area contributed by atoms with E-state index in [1.807, 2.05) is 11.0 Å². The Morgan fingerprint density at radius 3 is 2.37 bits per heavy atom. The first-order valence-electron chi connectivity index (χ1n) is 13.1. The third kappa shape index (κ3) is 6.72. The molecule has 3 aliphatic heterocycles. The number of likely N-dealkylation sites (tertiary alicyclic amines) is 1. The molecule has 0 unspecified atom stereocenters. The Balaban J connectivity index is 0.000000426. The molecule has 4 aliphatic rings. The summed E-state index contributed by atoms with van der Waals surface area (Å²) in [6.45, 7) is 4.82. The lowest BCUT2D eigenvalue weighted by molar-refractivity contribution is -0.192. The average molecular weight is 542 g/mol. The first-order chi connectivity index (χ1) is 18.1. The fourth-order valence-corrected chi connectivity index (χ4v) is 5.55. The molecule has 5 rings (SSSR count). The van der Waals surface area contributed by atoms with E-state index < -0.39 is 17.6 Å². The molecule has 0 spiro atoms. The van der Waals surface area contributed by atoms with Gasteiger partial charge < -0.3 is 25.0 Å². The van der Waals surface area contributed by atoms with Gasteiger partial charge in [-0.05, 0) is 50.5 Å². The van der Waals surface area contributed by atoms with E-state index in [0.717, 1.165) is 38.8 Å². The Hall–Kier alpha value is -2.96. The summed E-state index contributed by atoms with van der Waals surface area (Å²) in [6, 6.07) is 1.81. The maximum Gasteiger partial charge on any atom is 0.490 e. The van der Waals surface area contributed by atoms with Gasteiger partial charge in [0.05, 0.1) is 5.41 Å². The van der Waals surface area contributed by atoms with Crippen molar-refractivity contribution in [1.29, 1.82) is 0 Å². The van der Waals surface area contributed by atoms with Crippen LogP contribution in [-0.4, -0.2) is 89.9 Å². The highest BCUT2D eigenvalue weighted by atomic mass is 19.4. The lowest BCUT2D eigenvalue weighted by atomic mass is 9.74. The van der Waals surface area contributed by atoms with Crippen molar-refractivity contribution in [3.05, 3.63) is 18.5 Å². The van der Waals surface area contributed by atoms with Gasteiger partial charge in [-0.3, -0.25) is 9.59 Å². The van der Waals surface area contributed by atoms with Crippen molar-refractivity contribution in [1.82, 2.24) is 20.2 Å². The van der Waals surface area contributed by atoms with E-state index in [9.17, 15) is 22.8 Å². The highest BCUT2D eigenvalue weighted by Crippen LogP contribution is 2.44. The van der Waals surface area contributed by atoms with Crippen LogP contribution in [-0.2, 0) is 19.1 Å². The lowest BCUT2D eigenvalue weighted by Gasteiger charge is -2.33. The summed E-state index contributed by atoms with van der Waals surface area (Å²) in [5, 5.41) is 10.4. The summed E-state index contributed by atoms with van der Waals surface area (Å²) < 4.78 is 37.2. The first-order valence-corrected chi connectivity index (χ1v) is 13.1. The number of nitrogens with one attached hydrogen (secondary N) is 1. The number of carboxylic acid groups (broad SMARTS) is 1. The number of carbonyl (C=O) groups excluding carboxylic acids is 2. The SMILES string of the molecule is O=C(C1CCOCC1)N1CCC[C@]2(C(=O)NCC3CC3)CN(c3ncccn3)C[C@@H]2C1.O=C(O)C(F)(F)F. The number of carboxylic acids is 1. The molecule has 0 aromatic carbocycles. The smallest absolute Gasteiger partial charge is 0.475 e. The predicted molar refractivity (Wildman–Crippen MR) is 129 cm³/mol. The van der Waals surface area contributed by atoms with Crippen LogP contribution in [0.5, 0.6) is 0 Å². The van der Waals surface area contributed by atoms with Crippen molar-refractivity contribution in [2.75, 3.05) is 50.8 Å². The molecule has 1 saturated carbocycles. The van der Waals surface area contributed by atoms with Crippen molar-refractivity contribution in [3.63, 3.8) is 0 Å². The first kappa shape index (κ1) is 28.1. The van der Waals surface area contributed by atoms with Crippen LogP contribution in [0.4, 0.5) is 19.1 Å². The molecular weight excluding hydrogens is 507 g/mol. The average Bonchev–Trinajstić information content (AvgIpc) is 3.70. The van der Waals surface area contributed by atoms with Gasteiger partial charge in [0.15, 0.2) is 0 Å². The minimum atomic E-state index is -5.08. The summed E-state index contributed by atoms with van der Waals surface area (Å²) >= 11 is 0. The molecule has 2 N–H and O–H groups in total. The van der Waals surface area contributed by atoms with Gasteiger partial charge in [-0.15, -0.1) is 0 Å². The molecule has 4 fully saturated rings. The van der Waals surface area contributed by atoms with E-state index in [2.05, 4.69) is 20.2 Å². The molecule has 38 heavy (non-hydrogen) atoms. The number of alkyl halides is 3. The van der Waals surface area contributed by atoms with Crippen LogP contribution in [0.25, 0.3) is 0 Å². The van der Waals surface area contributed by atoms with Gasteiger partial charge >= 0.3 is 12.1 Å². The number of anilines is 1. The molecule has 3 saturated heterocycles. The second-order valence-corrected chi connectivity index (χ2v) is 10.5. The number of ether oxygens (including phenoxy) is 1. The fourth-order valence-electron chi connectivity index (χ4n) is 5.55. The van der Waals surface area contributed by atoms with Gasteiger partial charge in [-0.2, -0.15) is 13.2 Å². The van der Waals surface area contributed by atoms with Crippen LogP contribution in [0.2, 0.25) is 0 Å². The minimum Gasteiger partial charge on any atom is -0.475 e. The molecule has 210 valence electrons. The standard InChI is InChI=1S/C23H33N5O3.C2HF3O2/c29-20(18-5-11-31-12-6-18)27-10-1-7-23(21(30)26-13-17-3-4-17)16-28(15-19(23)14-27)22-24-8-2-9-25-22;3-2(4,5)1(6)7/h2,8-9,17-19H,1,3-7,10-16H2,(H,26,30);(H,6,7)/t19-,23-;/m0./s1. The van der Waals surface area contributed by atoms with Crippen molar-refractivity contribution < 1.29 is 37.4 Å². The quantitative estimate of drug-likeness (QED) is 0.581.